The minimum atomic E-state index is -0.397. The van der Waals surface area contributed by atoms with E-state index in [9.17, 15) is 4.39 Å². The Bertz CT molecular complexity index is 326. The van der Waals surface area contributed by atoms with Crippen LogP contribution in [0, 0.1) is 5.82 Å². The molecule has 0 unspecified atom stereocenters. The summed E-state index contributed by atoms with van der Waals surface area (Å²) in [6, 6.07) is 2.86. The van der Waals surface area contributed by atoms with Crippen LogP contribution in [0.15, 0.2) is 16.6 Å². The molecule has 2 nitrogen and oxygen atoms in total. The Hall–Kier alpha value is -0.770. The number of hydrogen-bond acceptors (Lipinski definition) is 2. The first-order valence-electron chi connectivity index (χ1n) is 4.24. The third kappa shape index (κ3) is 2.61. The molecule has 0 aliphatic carbocycles. The second kappa shape index (κ2) is 4.64. The highest BCUT2D eigenvalue weighted by molar-refractivity contribution is 9.10. The third-order valence-electron chi connectivity index (χ3n) is 1.57. The van der Waals surface area contributed by atoms with Crippen molar-refractivity contribution in [3.63, 3.8) is 0 Å². The topological polar surface area (TPSA) is 18.5 Å². The van der Waals surface area contributed by atoms with Crippen molar-refractivity contribution < 1.29 is 13.9 Å². The highest BCUT2D eigenvalue weighted by Crippen LogP contribution is 2.32. The highest BCUT2D eigenvalue weighted by atomic mass is 79.9. The molecule has 0 N–H and O–H groups in total. The normalized spacial score (nSPS) is 10.4. The van der Waals surface area contributed by atoms with Crippen molar-refractivity contribution in [2.75, 3.05) is 7.11 Å². The Morgan fingerprint density at radius 1 is 1.29 bits per heavy atom. The molecule has 1 aromatic rings. The minimum absolute atomic E-state index is 0.0598. The summed E-state index contributed by atoms with van der Waals surface area (Å²) in [6.07, 6.45) is -0.0598. The van der Waals surface area contributed by atoms with Gasteiger partial charge in [-0.1, -0.05) is 0 Å². The van der Waals surface area contributed by atoms with Gasteiger partial charge in [-0.05, 0) is 35.8 Å². The lowest BCUT2D eigenvalue weighted by Gasteiger charge is -2.12. The van der Waals surface area contributed by atoms with Gasteiger partial charge in [0.1, 0.15) is 5.75 Å². The van der Waals surface area contributed by atoms with Crippen molar-refractivity contribution >= 4 is 15.9 Å². The lowest BCUT2D eigenvalue weighted by molar-refractivity contribution is 0.229. The molecular weight excluding hydrogens is 251 g/mol. The first-order chi connectivity index (χ1) is 6.54. The largest absolute Gasteiger partial charge is 0.495 e. The zero-order chi connectivity index (χ0) is 10.7. The van der Waals surface area contributed by atoms with Crippen molar-refractivity contribution in [1.29, 1.82) is 0 Å². The molecule has 0 amide bonds. The second-order valence-corrected chi connectivity index (χ2v) is 3.94. The fourth-order valence-electron chi connectivity index (χ4n) is 1.01. The Morgan fingerprint density at radius 3 is 2.43 bits per heavy atom. The molecule has 0 aliphatic heterocycles. The summed E-state index contributed by atoms with van der Waals surface area (Å²) in [6.45, 7) is 3.68. The Kier molecular flexibility index (Phi) is 3.75. The molecule has 0 saturated carbocycles. The van der Waals surface area contributed by atoms with Crippen LogP contribution in [0.1, 0.15) is 13.8 Å². The molecule has 0 saturated heterocycles. The van der Waals surface area contributed by atoms with E-state index < -0.39 is 5.82 Å². The summed E-state index contributed by atoms with van der Waals surface area (Å²) < 4.78 is 24.2. The molecule has 0 aromatic heterocycles. The summed E-state index contributed by atoms with van der Waals surface area (Å²) in [4.78, 5) is 0. The van der Waals surface area contributed by atoms with E-state index in [1.807, 2.05) is 13.8 Å². The van der Waals surface area contributed by atoms with Crippen molar-refractivity contribution in [2.45, 2.75) is 20.0 Å². The number of rotatable bonds is 3. The molecule has 0 fully saturated rings. The van der Waals surface area contributed by atoms with Gasteiger partial charge in [-0.25, -0.2) is 4.39 Å². The maximum atomic E-state index is 13.3. The number of ether oxygens (including phenoxy) is 2. The molecule has 0 aliphatic rings. The van der Waals surface area contributed by atoms with Crippen LogP contribution in [-0.2, 0) is 0 Å². The van der Waals surface area contributed by atoms with Crippen LogP contribution in [0.5, 0.6) is 11.5 Å². The SMILES string of the molecule is COc1cc(OC(C)C)c(F)cc1Br. The van der Waals surface area contributed by atoms with Gasteiger partial charge in [-0.2, -0.15) is 0 Å². The fourth-order valence-corrected chi connectivity index (χ4v) is 1.49. The van der Waals surface area contributed by atoms with Gasteiger partial charge in [-0.15, -0.1) is 0 Å². The number of methoxy groups -OCH3 is 1. The molecule has 0 bridgehead atoms. The van der Waals surface area contributed by atoms with E-state index in [-0.39, 0.29) is 11.9 Å². The molecule has 78 valence electrons. The molecule has 0 spiro atoms. The average Bonchev–Trinajstić information content (AvgIpc) is 2.09. The predicted molar refractivity (Wildman–Crippen MR) is 56.4 cm³/mol. The maximum Gasteiger partial charge on any atom is 0.166 e. The standard InChI is InChI=1S/C10H12BrFO2/c1-6(2)14-10-5-9(13-3)7(11)4-8(10)12/h4-6H,1-3H3. The molecule has 0 heterocycles. The van der Waals surface area contributed by atoms with Gasteiger partial charge in [0.2, 0.25) is 0 Å². The van der Waals surface area contributed by atoms with Crippen LogP contribution in [-0.4, -0.2) is 13.2 Å². The first kappa shape index (κ1) is 11.3. The van der Waals surface area contributed by atoms with Crippen molar-refractivity contribution in [3.05, 3.63) is 22.4 Å². The van der Waals surface area contributed by atoms with Crippen LogP contribution in [0.4, 0.5) is 4.39 Å². The Balaban J connectivity index is 3.04. The Labute approximate surface area is 91.2 Å². The summed E-state index contributed by atoms with van der Waals surface area (Å²) in [5, 5.41) is 0. The van der Waals surface area contributed by atoms with E-state index in [1.54, 1.807) is 0 Å². The van der Waals surface area contributed by atoms with E-state index >= 15 is 0 Å². The van der Waals surface area contributed by atoms with E-state index in [0.717, 1.165) is 0 Å². The van der Waals surface area contributed by atoms with Gasteiger partial charge in [-0.3, -0.25) is 0 Å². The van der Waals surface area contributed by atoms with Crippen LogP contribution in [0.25, 0.3) is 0 Å². The molecule has 1 aromatic carbocycles. The van der Waals surface area contributed by atoms with Crippen LogP contribution in [0.2, 0.25) is 0 Å². The van der Waals surface area contributed by atoms with E-state index in [4.69, 9.17) is 9.47 Å². The highest BCUT2D eigenvalue weighted by Gasteiger charge is 2.10. The zero-order valence-corrected chi connectivity index (χ0v) is 9.89. The van der Waals surface area contributed by atoms with E-state index in [0.29, 0.717) is 10.2 Å². The number of hydrogen-bond donors (Lipinski definition) is 0. The van der Waals surface area contributed by atoms with Gasteiger partial charge in [0.05, 0.1) is 17.7 Å². The zero-order valence-electron chi connectivity index (χ0n) is 8.30. The fraction of sp³-hybridized carbons (Fsp3) is 0.400. The molecule has 4 heteroatoms. The smallest absolute Gasteiger partial charge is 0.166 e. The molecule has 1 rings (SSSR count). The van der Waals surface area contributed by atoms with E-state index in [2.05, 4.69) is 15.9 Å². The molecule has 14 heavy (non-hydrogen) atoms. The lowest BCUT2D eigenvalue weighted by Crippen LogP contribution is -2.07. The summed E-state index contributed by atoms with van der Waals surface area (Å²) in [5.74, 6) is 0.369. The minimum Gasteiger partial charge on any atom is -0.495 e. The summed E-state index contributed by atoms with van der Waals surface area (Å²) >= 11 is 3.19. The molecule has 0 radical (unpaired) electrons. The average molecular weight is 263 g/mol. The molecular formula is C10H12BrFO2. The van der Waals surface area contributed by atoms with E-state index in [1.165, 1.54) is 19.2 Å². The Morgan fingerprint density at radius 2 is 1.93 bits per heavy atom. The van der Waals surface area contributed by atoms with Gasteiger partial charge < -0.3 is 9.47 Å². The van der Waals surface area contributed by atoms with Crippen LogP contribution in [0.3, 0.4) is 0 Å². The number of benzene rings is 1. The van der Waals surface area contributed by atoms with Gasteiger partial charge >= 0.3 is 0 Å². The second-order valence-electron chi connectivity index (χ2n) is 3.08. The number of halogens is 2. The molecule has 0 atom stereocenters. The summed E-state index contributed by atoms with van der Waals surface area (Å²) in [5.41, 5.74) is 0. The van der Waals surface area contributed by atoms with Crippen LogP contribution < -0.4 is 9.47 Å². The quantitative estimate of drug-likeness (QED) is 0.832. The summed E-state index contributed by atoms with van der Waals surface area (Å²) in [7, 11) is 1.52. The van der Waals surface area contributed by atoms with Crippen molar-refractivity contribution in [3.8, 4) is 11.5 Å². The van der Waals surface area contributed by atoms with Crippen LogP contribution >= 0.6 is 15.9 Å². The predicted octanol–water partition coefficient (Wildman–Crippen LogP) is 3.38. The maximum absolute atomic E-state index is 13.3. The lowest BCUT2D eigenvalue weighted by atomic mass is 10.3. The van der Waals surface area contributed by atoms with Crippen molar-refractivity contribution in [2.24, 2.45) is 0 Å². The first-order valence-corrected chi connectivity index (χ1v) is 5.03. The van der Waals surface area contributed by atoms with Gasteiger partial charge in [0, 0.05) is 6.07 Å². The third-order valence-corrected chi connectivity index (χ3v) is 2.19. The van der Waals surface area contributed by atoms with Gasteiger partial charge in [0.15, 0.2) is 11.6 Å². The monoisotopic (exact) mass is 262 g/mol. The van der Waals surface area contributed by atoms with Crippen molar-refractivity contribution in [1.82, 2.24) is 0 Å². The van der Waals surface area contributed by atoms with Gasteiger partial charge in [0.25, 0.3) is 0 Å².